The topological polar surface area (TPSA) is 68.2 Å². The molecule has 0 bridgehead atoms. The Kier molecular flexibility index (Phi) is 4.93. The van der Waals surface area contributed by atoms with Crippen molar-refractivity contribution in [2.24, 2.45) is 7.05 Å². The number of urea groups is 1. The van der Waals surface area contributed by atoms with Gasteiger partial charge in [0.05, 0.1) is 19.0 Å². The van der Waals surface area contributed by atoms with Crippen molar-refractivity contribution in [1.82, 2.24) is 9.55 Å². The van der Waals surface area contributed by atoms with Crippen LogP contribution in [0, 0.1) is 13.8 Å². The van der Waals surface area contributed by atoms with E-state index in [1.165, 1.54) is 5.56 Å². The minimum atomic E-state index is -0.330. The minimum Gasteiger partial charge on any atom is -0.497 e. The molecule has 2 amide bonds. The summed E-state index contributed by atoms with van der Waals surface area (Å²) in [7, 11) is 3.49. The third-order valence-electron chi connectivity index (χ3n) is 4.36. The Morgan fingerprint density at radius 3 is 2.42 bits per heavy atom. The molecule has 26 heavy (non-hydrogen) atoms. The molecule has 0 saturated heterocycles. The molecule has 0 aliphatic rings. The van der Waals surface area contributed by atoms with Gasteiger partial charge in [-0.2, -0.15) is 0 Å². The molecule has 3 rings (SSSR count). The van der Waals surface area contributed by atoms with Gasteiger partial charge in [0.25, 0.3) is 0 Å². The van der Waals surface area contributed by atoms with E-state index in [0.717, 1.165) is 28.3 Å². The number of hydrogen-bond donors (Lipinski definition) is 2. The van der Waals surface area contributed by atoms with Crippen LogP contribution in [-0.2, 0) is 7.05 Å². The van der Waals surface area contributed by atoms with Crippen molar-refractivity contribution in [1.29, 1.82) is 0 Å². The van der Waals surface area contributed by atoms with Crippen molar-refractivity contribution < 1.29 is 9.53 Å². The Bertz CT molecular complexity index is 929. The van der Waals surface area contributed by atoms with Gasteiger partial charge in [-0.3, -0.25) is 5.32 Å². The molecule has 0 saturated carbocycles. The molecular formula is C20H22N4O2. The first-order chi connectivity index (χ1) is 12.5. The minimum absolute atomic E-state index is 0.330. The Morgan fingerprint density at radius 2 is 1.77 bits per heavy atom. The van der Waals surface area contributed by atoms with E-state index in [4.69, 9.17) is 4.74 Å². The van der Waals surface area contributed by atoms with Crippen LogP contribution in [0.1, 0.15) is 11.1 Å². The van der Waals surface area contributed by atoms with E-state index in [-0.39, 0.29) is 6.03 Å². The van der Waals surface area contributed by atoms with E-state index in [2.05, 4.69) is 15.6 Å². The molecule has 0 atom stereocenters. The highest BCUT2D eigenvalue weighted by molar-refractivity contribution is 5.99. The first-order valence-corrected chi connectivity index (χ1v) is 8.29. The average Bonchev–Trinajstić information content (AvgIpc) is 2.99. The molecule has 0 aliphatic heterocycles. The third-order valence-corrected chi connectivity index (χ3v) is 4.36. The van der Waals surface area contributed by atoms with Gasteiger partial charge in [-0.15, -0.1) is 0 Å². The molecule has 1 aromatic heterocycles. The van der Waals surface area contributed by atoms with E-state index in [0.29, 0.717) is 5.95 Å². The van der Waals surface area contributed by atoms with Crippen LogP contribution in [0.3, 0.4) is 0 Å². The zero-order valence-corrected chi connectivity index (χ0v) is 15.3. The maximum absolute atomic E-state index is 12.3. The van der Waals surface area contributed by atoms with E-state index in [1.54, 1.807) is 13.3 Å². The Balaban J connectivity index is 1.72. The largest absolute Gasteiger partial charge is 0.497 e. The molecule has 0 spiro atoms. The standard InChI is InChI=1S/C20H22N4O2/c1-13-5-8-16(11-14(13)2)22-20(25)23-19-21-12-18(24(19)3)15-6-9-17(26-4)10-7-15/h5-12H,1-4H3,(H2,21,22,23,25). The second-order valence-electron chi connectivity index (χ2n) is 6.13. The number of rotatable bonds is 4. The van der Waals surface area contributed by atoms with Gasteiger partial charge >= 0.3 is 6.03 Å². The molecule has 0 aliphatic carbocycles. The smallest absolute Gasteiger partial charge is 0.326 e. The first kappa shape index (κ1) is 17.5. The Morgan fingerprint density at radius 1 is 1.04 bits per heavy atom. The molecule has 0 radical (unpaired) electrons. The Hall–Kier alpha value is -3.28. The summed E-state index contributed by atoms with van der Waals surface area (Å²) in [6, 6.07) is 13.2. The van der Waals surface area contributed by atoms with Gasteiger partial charge in [0.1, 0.15) is 5.75 Å². The van der Waals surface area contributed by atoms with Crippen molar-refractivity contribution in [3.63, 3.8) is 0 Å². The van der Waals surface area contributed by atoms with Crippen molar-refractivity contribution in [3.8, 4) is 17.0 Å². The molecule has 2 aromatic carbocycles. The monoisotopic (exact) mass is 350 g/mol. The van der Waals surface area contributed by atoms with E-state index >= 15 is 0 Å². The highest BCUT2D eigenvalue weighted by Crippen LogP contribution is 2.24. The van der Waals surface area contributed by atoms with Crippen LogP contribution in [0.15, 0.2) is 48.7 Å². The molecule has 0 unspecified atom stereocenters. The lowest BCUT2D eigenvalue weighted by atomic mass is 10.1. The summed E-state index contributed by atoms with van der Waals surface area (Å²) in [4.78, 5) is 16.6. The van der Waals surface area contributed by atoms with Crippen LogP contribution in [0.5, 0.6) is 5.75 Å². The summed E-state index contributed by atoms with van der Waals surface area (Å²) in [5.41, 5.74) is 4.94. The number of methoxy groups -OCH3 is 1. The van der Waals surface area contributed by atoms with Gasteiger partial charge in [0.15, 0.2) is 0 Å². The second kappa shape index (κ2) is 7.31. The number of imidazole rings is 1. The summed E-state index contributed by atoms with van der Waals surface area (Å²) in [5, 5.41) is 5.61. The van der Waals surface area contributed by atoms with Gasteiger partial charge < -0.3 is 14.6 Å². The van der Waals surface area contributed by atoms with Crippen LogP contribution < -0.4 is 15.4 Å². The number of carbonyl (C=O) groups excluding carboxylic acids is 1. The number of aromatic nitrogens is 2. The number of nitrogens with one attached hydrogen (secondary N) is 2. The summed E-state index contributed by atoms with van der Waals surface area (Å²) in [6.07, 6.45) is 1.73. The summed E-state index contributed by atoms with van der Waals surface area (Å²) >= 11 is 0. The summed E-state index contributed by atoms with van der Waals surface area (Å²) in [6.45, 7) is 4.05. The fraction of sp³-hybridized carbons (Fsp3) is 0.200. The van der Waals surface area contributed by atoms with Gasteiger partial charge in [-0.25, -0.2) is 9.78 Å². The maximum atomic E-state index is 12.3. The molecule has 6 nitrogen and oxygen atoms in total. The van der Waals surface area contributed by atoms with Gasteiger partial charge in [-0.05, 0) is 61.4 Å². The number of nitrogens with zero attached hydrogens (tertiary/aromatic N) is 2. The van der Waals surface area contributed by atoms with Crippen LogP contribution in [0.4, 0.5) is 16.4 Å². The molecule has 0 fully saturated rings. The summed E-state index contributed by atoms with van der Waals surface area (Å²) < 4.78 is 7.01. The molecule has 2 N–H and O–H groups in total. The van der Waals surface area contributed by atoms with Crippen molar-refractivity contribution in [2.45, 2.75) is 13.8 Å². The predicted molar refractivity (Wildman–Crippen MR) is 104 cm³/mol. The van der Waals surface area contributed by atoms with Crippen molar-refractivity contribution in [3.05, 3.63) is 59.8 Å². The lowest BCUT2D eigenvalue weighted by Crippen LogP contribution is -2.21. The molecule has 3 aromatic rings. The average molecular weight is 350 g/mol. The van der Waals surface area contributed by atoms with Gasteiger partial charge in [0, 0.05) is 18.3 Å². The zero-order chi connectivity index (χ0) is 18.7. The van der Waals surface area contributed by atoms with E-state index < -0.39 is 0 Å². The van der Waals surface area contributed by atoms with Crippen LogP contribution >= 0.6 is 0 Å². The number of carbonyl (C=O) groups is 1. The number of benzene rings is 2. The summed E-state index contributed by atoms with van der Waals surface area (Å²) in [5.74, 6) is 1.26. The lowest BCUT2D eigenvalue weighted by molar-refractivity contribution is 0.262. The highest BCUT2D eigenvalue weighted by Gasteiger charge is 2.12. The van der Waals surface area contributed by atoms with Gasteiger partial charge in [-0.1, -0.05) is 6.07 Å². The number of ether oxygens (including phenoxy) is 1. The molecular weight excluding hydrogens is 328 g/mol. The maximum Gasteiger partial charge on any atom is 0.326 e. The predicted octanol–water partition coefficient (Wildman–Crippen LogP) is 4.36. The zero-order valence-electron chi connectivity index (χ0n) is 15.3. The number of aryl methyl sites for hydroxylation is 2. The van der Waals surface area contributed by atoms with Crippen LogP contribution in [0.25, 0.3) is 11.3 Å². The highest BCUT2D eigenvalue weighted by atomic mass is 16.5. The fourth-order valence-corrected chi connectivity index (χ4v) is 2.64. The number of anilines is 2. The van der Waals surface area contributed by atoms with Crippen LogP contribution in [0.2, 0.25) is 0 Å². The SMILES string of the molecule is COc1ccc(-c2cnc(NC(=O)Nc3ccc(C)c(C)c3)n2C)cc1. The van der Waals surface area contributed by atoms with Crippen molar-refractivity contribution in [2.75, 3.05) is 17.7 Å². The quantitative estimate of drug-likeness (QED) is 0.735. The third kappa shape index (κ3) is 3.69. The molecule has 6 heteroatoms. The van der Waals surface area contributed by atoms with E-state index in [1.807, 2.05) is 67.9 Å². The Labute approximate surface area is 152 Å². The van der Waals surface area contributed by atoms with Crippen molar-refractivity contribution >= 4 is 17.7 Å². The lowest BCUT2D eigenvalue weighted by Gasteiger charge is -2.10. The fourth-order valence-electron chi connectivity index (χ4n) is 2.64. The molecule has 134 valence electrons. The van der Waals surface area contributed by atoms with Gasteiger partial charge in [0.2, 0.25) is 5.95 Å². The molecule has 1 heterocycles. The first-order valence-electron chi connectivity index (χ1n) is 8.29. The van der Waals surface area contributed by atoms with E-state index in [9.17, 15) is 4.79 Å². The normalized spacial score (nSPS) is 10.5. The number of amides is 2. The number of hydrogen-bond acceptors (Lipinski definition) is 3. The second-order valence-corrected chi connectivity index (χ2v) is 6.13. The van der Waals surface area contributed by atoms with Crippen LogP contribution in [-0.4, -0.2) is 22.7 Å².